The van der Waals surface area contributed by atoms with Crippen molar-refractivity contribution >= 4 is 0 Å². The summed E-state index contributed by atoms with van der Waals surface area (Å²) in [7, 11) is 0. The molecule has 1 N–H and O–H groups in total. The highest BCUT2D eigenvalue weighted by atomic mass is 19.3. The van der Waals surface area contributed by atoms with Gasteiger partial charge in [-0.1, -0.05) is 24.3 Å². The van der Waals surface area contributed by atoms with Crippen LogP contribution in [-0.2, 0) is 5.92 Å². The van der Waals surface area contributed by atoms with Crippen LogP contribution < -0.4 is 0 Å². The summed E-state index contributed by atoms with van der Waals surface area (Å²) in [6.45, 7) is 2.30. The lowest BCUT2D eigenvalue weighted by molar-refractivity contribution is 0.0141. The molecule has 1 atom stereocenters. The van der Waals surface area contributed by atoms with Gasteiger partial charge in [0, 0.05) is 12.5 Å². The first kappa shape index (κ1) is 10.1. The summed E-state index contributed by atoms with van der Waals surface area (Å²) in [4.78, 5) is 0. The highest BCUT2D eigenvalue weighted by molar-refractivity contribution is 5.31. The first-order chi connectivity index (χ1) is 5.93. The second kappa shape index (κ2) is 3.42. The van der Waals surface area contributed by atoms with Crippen LogP contribution in [0.3, 0.4) is 0 Å². The molecule has 13 heavy (non-hydrogen) atoms. The minimum atomic E-state index is -2.90. The summed E-state index contributed by atoms with van der Waals surface area (Å²) < 4.78 is 25.9. The number of rotatable bonds is 2. The third-order valence-electron chi connectivity index (χ3n) is 1.88. The average Bonchev–Trinajstić information content (AvgIpc) is 2.03. The molecule has 0 bridgehead atoms. The van der Waals surface area contributed by atoms with Crippen molar-refractivity contribution in [3.63, 3.8) is 0 Å². The molecule has 0 aliphatic rings. The second-order valence-electron chi connectivity index (χ2n) is 3.15. The summed E-state index contributed by atoms with van der Waals surface area (Å²) >= 11 is 0. The Morgan fingerprint density at radius 2 is 1.85 bits per heavy atom. The fraction of sp³-hybridized carbons (Fsp3) is 0.400. The normalized spacial score (nSPS) is 14.2. The Morgan fingerprint density at radius 3 is 2.23 bits per heavy atom. The van der Waals surface area contributed by atoms with Gasteiger partial charge in [-0.05, 0) is 12.5 Å². The van der Waals surface area contributed by atoms with Crippen molar-refractivity contribution in [1.82, 2.24) is 0 Å². The molecule has 3 heteroatoms. The molecule has 1 aromatic carbocycles. The zero-order valence-electron chi connectivity index (χ0n) is 7.59. The van der Waals surface area contributed by atoms with Crippen molar-refractivity contribution in [2.45, 2.75) is 25.9 Å². The number of benzene rings is 1. The molecular formula is C10H12F2O. The largest absolute Gasteiger partial charge is 0.389 e. The van der Waals surface area contributed by atoms with Crippen molar-refractivity contribution in [2.24, 2.45) is 0 Å². The highest BCUT2D eigenvalue weighted by Crippen LogP contribution is 2.32. The molecule has 1 unspecified atom stereocenters. The van der Waals surface area contributed by atoms with E-state index in [2.05, 4.69) is 0 Å². The number of aliphatic hydroxyl groups is 1. The van der Waals surface area contributed by atoms with Crippen molar-refractivity contribution in [3.8, 4) is 0 Å². The van der Waals surface area contributed by atoms with E-state index in [9.17, 15) is 13.9 Å². The molecule has 72 valence electrons. The van der Waals surface area contributed by atoms with Crippen LogP contribution in [0.2, 0.25) is 0 Å². The van der Waals surface area contributed by atoms with E-state index in [0.29, 0.717) is 0 Å². The molecule has 0 saturated carbocycles. The molecule has 0 aliphatic carbocycles. The predicted molar refractivity (Wildman–Crippen MR) is 46.6 cm³/mol. The van der Waals surface area contributed by atoms with E-state index in [-0.39, 0.29) is 11.1 Å². The van der Waals surface area contributed by atoms with Crippen LogP contribution in [0.15, 0.2) is 24.3 Å². The first-order valence-corrected chi connectivity index (χ1v) is 4.08. The van der Waals surface area contributed by atoms with Gasteiger partial charge in [0.25, 0.3) is 5.92 Å². The van der Waals surface area contributed by atoms with Crippen molar-refractivity contribution < 1.29 is 13.9 Å². The van der Waals surface area contributed by atoms with Gasteiger partial charge < -0.3 is 5.11 Å². The van der Waals surface area contributed by atoms with Gasteiger partial charge in [-0.2, -0.15) is 0 Å². The Morgan fingerprint density at radius 1 is 1.31 bits per heavy atom. The Hall–Kier alpha value is -0.960. The summed E-state index contributed by atoms with van der Waals surface area (Å²) in [5, 5.41) is 9.23. The van der Waals surface area contributed by atoms with Gasteiger partial charge in [0.1, 0.15) is 0 Å². The Bertz CT molecular complexity index is 289. The molecule has 1 aromatic rings. The van der Waals surface area contributed by atoms with E-state index < -0.39 is 12.0 Å². The van der Waals surface area contributed by atoms with Crippen LogP contribution in [-0.4, -0.2) is 5.11 Å². The lowest BCUT2D eigenvalue weighted by Gasteiger charge is -2.16. The van der Waals surface area contributed by atoms with Gasteiger partial charge in [-0.3, -0.25) is 0 Å². The van der Waals surface area contributed by atoms with E-state index in [0.717, 1.165) is 6.92 Å². The Labute approximate surface area is 76.0 Å². The molecule has 0 radical (unpaired) electrons. The maximum Gasteiger partial charge on any atom is 0.270 e. The van der Waals surface area contributed by atoms with Crippen molar-refractivity contribution in [2.75, 3.05) is 0 Å². The fourth-order valence-corrected chi connectivity index (χ4v) is 1.26. The molecule has 0 aromatic heterocycles. The zero-order valence-corrected chi connectivity index (χ0v) is 7.59. The molecule has 0 spiro atoms. The van der Waals surface area contributed by atoms with Crippen LogP contribution in [0.25, 0.3) is 0 Å². The van der Waals surface area contributed by atoms with Gasteiger partial charge >= 0.3 is 0 Å². The SMILES string of the molecule is CC(O)c1ccccc1C(C)(F)F. The van der Waals surface area contributed by atoms with Gasteiger partial charge in [-0.25, -0.2) is 8.78 Å². The molecule has 0 heterocycles. The van der Waals surface area contributed by atoms with E-state index >= 15 is 0 Å². The summed E-state index contributed by atoms with van der Waals surface area (Å²) in [5.74, 6) is -2.90. The average molecular weight is 186 g/mol. The maximum absolute atomic E-state index is 13.0. The van der Waals surface area contributed by atoms with Crippen LogP contribution in [0.5, 0.6) is 0 Å². The maximum atomic E-state index is 13.0. The van der Waals surface area contributed by atoms with Crippen LogP contribution in [0, 0.1) is 0 Å². The van der Waals surface area contributed by atoms with Gasteiger partial charge in [0.05, 0.1) is 6.10 Å². The standard InChI is InChI=1S/C10H12F2O/c1-7(13)8-5-3-4-6-9(8)10(2,11)12/h3-7,13H,1-2H3. The van der Waals surface area contributed by atoms with Crippen molar-refractivity contribution in [1.29, 1.82) is 0 Å². The van der Waals surface area contributed by atoms with E-state index in [1.165, 1.54) is 19.1 Å². The molecule has 0 fully saturated rings. The smallest absolute Gasteiger partial charge is 0.270 e. The number of aliphatic hydroxyl groups excluding tert-OH is 1. The summed E-state index contributed by atoms with van der Waals surface area (Å²) in [5.41, 5.74) is 0.181. The lowest BCUT2D eigenvalue weighted by atomic mass is 9.99. The second-order valence-corrected chi connectivity index (χ2v) is 3.15. The summed E-state index contributed by atoms with van der Waals surface area (Å²) in [6, 6.07) is 6.02. The highest BCUT2D eigenvalue weighted by Gasteiger charge is 2.28. The van der Waals surface area contributed by atoms with Crippen LogP contribution in [0.4, 0.5) is 8.78 Å². The first-order valence-electron chi connectivity index (χ1n) is 4.08. The van der Waals surface area contributed by atoms with Gasteiger partial charge in [0.15, 0.2) is 0 Å². The topological polar surface area (TPSA) is 20.2 Å². The molecule has 1 rings (SSSR count). The minimum absolute atomic E-state index is 0.106. The molecule has 0 saturated heterocycles. The predicted octanol–water partition coefficient (Wildman–Crippen LogP) is 2.85. The fourth-order valence-electron chi connectivity index (χ4n) is 1.26. The minimum Gasteiger partial charge on any atom is -0.389 e. The third-order valence-corrected chi connectivity index (χ3v) is 1.88. The van der Waals surface area contributed by atoms with Gasteiger partial charge in [-0.15, -0.1) is 0 Å². The Balaban J connectivity index is 3.20. The molecule has 0 amide bonds. The van der Waals surface area contributed by atoms with Gasteiger partial charge in [0.2, 0.25) is 0 Å². The molecular weight excluding hydrogens is 174 g/mol. The number of hydrogen-bond acceptors (Lipinski definition) is 1. The monoisotopic (exact) mass is 186 g/mol. The van der Waals surface area contributed by atoms with E-state index in [4.69, 9.17) is 0 Å². The molecule has 1 nitrogen and oxygen atoms in total. The summed E-state index contributed by atoms with van der Waals surface area (Å²) in [6.07, 6.45) is -0.859. The van der Waals surface area contributed by atoms with E-state index in [1.807, 2.05) is 0 Å². The Kier molecular flexibility index (Phi) is 2.66. The molecule has 0 aliphatic heterocycles. The lowest BCUT2D eigenvalue weighted by Crippen LogP contribution is -2.11. The number of halogens is 2. The quantitative estimate of drug-likeness (QED) is 0.753. The number of alkyl halides is 2. The van der Waals surface area contributed by atoms with Crippen LogP contribution >= 0.6 is 0 Å². The zero-order chi connectivity index (χ0) is 10.1. The van der Waals surface area contributed by atoms with Crippen molar-refractivity contribution in [3.05, 3.63) is 35.4 Å². The number of hydrogen-bond donors (Lipinski definition) is 1. The third kappa shape index (κ3) is 2.25. The van der Waals surface area contributed by atoms with Crippen LogP contribution in [0.1, 0.15) is 31.1 Å². The van der Waals surface area contributed by atoms with E-state index in [1.54, 1.807) is 12.1 Å².